The highest BCUT2D eigenvalue weighted by molar-refractivity contribution is 6.42. The molecule has 1 aromatic rings. The lowest BCUT2D eigenvalue weighted by Crippen LogP contribution is -2.34. The van der Waals surface area contributed by atoms with Gasteiger partial charge in [-0.15, -0.1) is 0 Å². The SMILES string of the molecule is CC(O)C(=O)N(C)c1ccc(Cl)c(Cl)c1. The van der Waals surface area contributed by atoms with Crippen molar-refractivity contribution in [1.82, 2.24) is 0 Å². The minimum absolute atomic E-state index is 0.374. The summed E-state index contributed by atoms with van der Waals surface area (Å²) in [6.07, 6.45) is -1.04. The molecule has 0 bridgehead atoms. The fraction of sp³-hybridized carbons (Fsp3) is 0.300. The predicted molar refractivity (Wildman–Crippen MR) is 61.6 cm³/mol. The van der Waals surface area contributed by atoms with Crippen LogP contribution in [0.4, 0.5) is 5.69 Å². The average molecular weight is 248 g/mol. The van der Waals surface area contributed by atoms with Crippen LogP contribution < -0.4 is 4.90 Å². The van der Waals surface area contributed by atoms with E-state index in [4.69, 9.17) is 28.3 Å². The van der Waals surface area contributed by atoms with Gasteiger partial charge in [0.05, 0.1) is 10.0 Å². The Kier molecular flexibility index (Phi) is 3.97. The highest BCUT2D eigenvalue weighted by Gasteiger charge is 2.16. The molecule has 0 saturated carbocycles. The molecule has 0 radical (unpaired) electrons. The number of carbonyl (C=O) groups is 1. The second kappa shape index (κ2) is 4.84. The van der Waals surface area contributed by atoms with Crippen molar-refractivity contribution in [2.75, 3.05) is 11.9 Å². The van der Waals surface area contributed by atoms with Gasteiger partial charge in [0, 0.05) is 12.7 Å². The molecule has 1 rings (SSSR count). The fourth-order valence-electron chi connectivity index (χ4n) is 1.10. The number of benzene rings is 1. The number of anilines is 1. The van der Waals surface area contributed by atoms with Gasteiger partial charge < -0.3 is 10.0 Å². The van der Waals surface area contributed by atoms with E-state index in [0.29, 0.717) is 15.7 Å². The van der Waals surface area contributed by atoms with E-state index in [1.54, 1.807) is 25.2 Å². The highest BCUT2D eigenvalue weighted by atomic mass is 35.5. The van der Waals surface area contributed by atoms with Crippen molar-refractivity contribution in [3.05, 3.63) is 28.2 Å². The Hall–Kier alpha value is -0.770. The van der Waals surface area contributed by atoms with E-state index >= 15 is 0 Å². The molecule has 1 amide bonds. The molecular weight excluding hydrogens is 237 g/mol. The summed E-state index contributed by atoms with van der Waals surface area (Å²) < 4.78 is 0. The zero-order valence-electron chi connectivity index (χ0n) is 8.37. The first kappa shape index (κ1) is 12.3. The molecule has 1 atom stereocenters. The zero-order valence-corrected chi connectivity index (χ0v) is 9.88. The van der Waals surface area contributed by atoms with Crippen molar-refractivity contribution in [2.24, 2.45) is 0 Å². The van der Waals surface area contributed by atoms with Crippen LogP contribution in [0.3, 0.4) is 0 Å². The van der Waals surface area contributed by atoms with Gasteiger partial charge in [-0.3, -0.25) is 4.79 Å². The Bertz CT molecular complexity index is 380. The van der Waals surface area contributed by atoms with E-state index < -0.39 is 12.0 Å². The van der Waals surface area contributed by atoms with Gasteiger partial charge in [0.1, 0.15) is 6.10 Å². The molecule has 0 aliphatic carbocycles. The maximum atomic E-state index is 11.4. The number of halogens is 2. The standard InChI is InChI=1S/C10H11Cl2NO2/c1-6(14)10(15)13(2)7-3-4-8(11)9(12)5-7/h3-6,14H,1-2H3. The molecule has 0 aliphatic heterocycles. The summed E-state index contributed by atoms with van der Waals surface area (Å²) in [6, 6.07) is 4.84. The number of aliphatic hydroxyl groups is 1. The van der Waals surface area contributed by atoms with E-state index in [0.717, 1.165) is 0 Å². The van der Waals surface area contributed by atoms with Gasteiger partial charge in [-0.2, -0.15) is 0 Å². The van der Waals surface area contributed by atoms with Crippen molar-refractivity contribution < 1.29 is 9.90 Å². The summed E-state index contributed by atoms with van der Waals surface area (Å²) >= 11 is 11.6. The molecule has 0 fully saturated rings. The van der Waals surface area contributed by atoms with Gasteiger partial charge in [0.2, 0.25) is 0 Å². The van der Waals surface area contributed by atoms with E-state index in [1.165, 1.54) is 11.8 Å². The van der Waals surface area contributed by atoms with Crippen LogP contribution in [0, 0.1) is 0 Å². The molecule has 0 heterocycles. The maximum Gasteiger partial charge on any atom is 0.255 e. The van der Waals surface area contributed by atoms with Crippen LogP contribution in [0.2, 0.25) is 10.0 Å². The lowest BCUT2D eigenvalue weighted by atomic mass is 10.2. The number of rotatable bonds is 2. The molecule has 15 heavy (non-hydrogen) atoms. The molecular formula is C10H11Cl2NO2. The summed E-state index contributed by atoms with van der Waals surface area (Å²) in [5, 5.41) is 9.93. The summed E-state index contributed by atoms with van der Waals surface area (Å²) in [5.41, 5.74) is 0.593. The minimum Gasteiger partial charge on any atom is -0.384 e. The molecule has 0 spiro atoms. The molecule has 0 aliphatic rings. The summed E-state index contributed by atoms with van der Waals surface area (Å²) in [5.74, 6) is -0.395. The molecule has 0 saturated heterocycles. The quantitative estimate of drug-likeness (QED) is 0.872. The molecule has 1 unspecified atom stereocenters. The molecule has 5 heteroatoms. The number of nitrogens with zero attached hydrogens (tertiary/aromatic N) is 1. The monoisotopic (exact) mass is 247 g/mol. The first-order chi connectivity index (χ1) is 6.93. The van der Waals surface area contributed by atoms with Crippen molar-refractivity contribution in [2.45, 2.75) is 13.0 Å². The van der Waals surface area contributed by atoms with Gasteiger partial charge >= 0.3 is 0 Å². The van der Waals surface area contributed by atoms with E-state index in [9.17, 15) is 4.79 Å². The van der Waals surface area contributed by atoms with Crippen LogP contribution in [-0.2, 0) is 4.79 Å². The van der Waals surface area contributed by atoms with Crippen LogP contribution in [-0.4, -0.2) is 24.2 Å². The lowest BCUT2D eigenvalue weighted by Gasteiger charge is -2.19. The smallest absolute Gasteiger partial charge is 0.255 e. The molecule has 1 N–H and O–H groups in total. The Morgan fingerprint density at radius 3 is 2.47 bits per heavy atom. The third-order valence-electron chi connectivity index (χ3n) is 1.98. The Morgan fingerprint density at radius 1 is 1.40 bits per heavy atom. The molecule has 3 nitrogen and oxygen atoms in total. The topological polar surface area (TPSA) is 40.5 Å². The van der Waals surface area contributed by atoms with Crippen LogP contribution in [0.1, 0.15) is 6.92 Å². The van der Waals surface area contributed by atoms with Gasteiger partial charge in [0.25, 0.3) is 5.91 Å². The summed E-state index contributed by atoms with van der Waals surface area (Å²) in [4.78, 5) is 12.8. The number of hydrogen-bond donors (Lipinski definition) is 1. The normalized spacial score (nSPS) is 12.3. The number of likely N-dealkylation sites (N-methyl/N-ethyl adjacent to an activating group) is 1. The van der Waals surface area contributed by atoms with Crippen molar-refractivity contribution in [3.8, 4) is 0 Å². The third kappa shape index (κ3) is 2.84. The highest BCUT2D eigenvalue weighted by Crippen LogP contribution is 2.26. The average Bonchev–Trinajstić information content (AvgIpc) is 2.19. The van der Waals surface area contributed by atoms with Crippen molar-refractivity contribution >= 4 is 34.8 Å². The van der Waals surface area contributed by atoms with Gasteiger partial charge in [-0.05, 0) is 25.1 Å². The number of hydrogen-bond acceptors (Lipinski definition) is 2. The van der Waals surface area contributed by atoms with Gasteiger partial charge in [-0.1, -0.05) is 23.2 Å². The van der Waals surface area contributed by atoms with E-state index in [2.05, 4.69) is 0 Å². The largest absolute Gasteiger partial charge is 0.384 e. The Labute approximate surface area is 98.2 Å². The second-order valence-corrected chi connectivity index (χ2v) is 3.99. The zero-order chi connectivity index (χ0) is 11.6. The van der Waals surface area contributed by atoms with Crippen LogP contribution >= 0.6 is 23.2 Å². The van der Waals surface area contributed by atoms with Gasteiger partial charge in [0.15, 0.2) is 0 Å². The molecule has 82 valence electrons. The van der Waals surface area contributed by atoms with Crippen LogP contribution in [0.25, 0.3) is 0 Å². The minimum atomic E-state index is -1.04. The van der Waals surface area contributed by atoms with E-state index in [-0.39, 0.29) is 0 Å². The lowest BCUT2D eigenvalue weighted by molar-refractivity contribution is -0.125. The molecule has 1 aromatic carbocycles. The first-order valence-corrected chi connectivity index (χ1v) is 5.09. The second-order valence-electron chi connectivity index (χ2n) is 3.17. The maximum absolute atomic E-state index is 11.4. The summed E-state index contributed by atoms with van der Waals surface area (Å²) in [6.45, 7) is 1.41. The van der Waals surface area contributed by atoms with Crippen LogP contribution in [0.15, 0.2) is 18.2 Å². The number of aliphatic hydroxyl groups excluding tert-OH is 1. The number of carbonyl (C=O) groups excluding carboxylic acids is 1. The number of amides is 1. The van der Waals surface area contributed by atoms with E-state index in [1.807, 2.05) is 0 Å². The van der Waals surface area contributed by atoms with Gasteiger partial charge in [-0.25, -0.2) is 0 Å². The Balaban J connectivity index is 2.97. The fourth-order valence-corrected chi connectivity index (χ4v) is 1.39. The first-order valence-electron chi connectivity index (χ1n) is 4.34. The predicted octanol–water partition coefficient (Wildman–Crippen LogP) is 2.34. The third-order valence-corrected chi connectivity index (χ3v) is 2.72. The van der Waals surface area contributed by atoms with Crippen molar-refractivity contribution in [1.29, 1.82) is 0 Å². The molecule has 0 aromatic heterocycles. The van der Waals surface area contributed by atoms with Crippen molar-refractivity contribution in [3.63, 3.8) is 0 Å². The Morgan fingerprint density at radius 2 is 2.00 bits per heavy atom. The van der Waals surface area contributed by atoms with Crippen LogP contribution in [0.5, 0.6) is 0 Å². The summed E-state index contributed by atoms with van der Waals surface area (Å²) in [7, 11) is 1.56.